The van der Waals surface area contributed by atoms with Gasteiger partial charge in [0.05, 0.1) is 12.3 Å². The van der Waals surface area contributed by atoms with Crippen LogP contribution in [0.15, 0.2) is 60.7 Å². The molecule has 0 saturated heterocycles. The van der Waals surface area contributed by atoms with Gasteiger partial charge in [-0.25, -0.2) is 4.79 Å². The van der Waals surface area contributed by atoms with E-state index < -0.39 is 0 Å². The zero-order valence-corrected chi connectivity index (χ0v) is 12.9. The number of benzene rings is 2. The normalized spacial score (nSPS) is 15.3. The lowest BCUT2D eigenvalue weighted by molar-refractivity contribution is 0.159. The summed E-state index contributed by atoms with van der Waals surface area (Å²) in [6.45, 7) is 2.13. The molecule has 0 fully saturated rings. The van der Waals surface area contributed by atoms with Crippen molar-refractivity contribution in [3.05, 3.63) is 71.8 Å². The summed E-state index contributed by atoms with van der Waals surface area (Å²) in [5, 5.41) is 0. The van der Waals surface area contributed by atoms with Crippen LogP contribution in [0.5, 0.6) is 0 Å². The molecular weight excluding hydrogens is 286 g/mol. The van der Waals surface area contributed by atoms with Crippen LogP contribution in [0.2, 0.25) is 0 Å². The number of amides is 1. The van der Waals surface area contributed by atoms with E-state index in [-0.39, 0.29) is 12.1 Å². The fourth-order valence-corrected chi connectivity index (χ4v) is 2.47. The highest BCUT2D eigenvalue weighted by Crippen LogP contribution is 2.29. The SMILES string of the molecule is CCOC(=O)N1c2ccccc2C=C[C@H]1C#Cc1ccccc1. The Kier molecular flexibility index (Phi) is 4.44. The smallest absolute Gasteiger partial charge is 0.415 e. The summed E-state index contributed by atoms with van der Waals surface area (Å²) in [6, 6.07) is 17.1. The largest absolute Gasteiger partial charge is 0.449 e. The van der Waals surface area contributed by atoms with E-state index in [0.29, 0.717) is 6.61 Å². The molecule has 2 aromatic rings. The molecule has 0 aliphatic carbocycles. The van der Waals surface area contributed by atoms with Gasteiger partial charge in [0.25, 0.3) is 0 Å². The highest BCUT2D eigenvalue weighted by atomic mass is 16.6. The van der Waals surface area contributed by atoms with Crippen LogP contribution < -0.4 is 4.90 Å². The zero-order chi connectivity index (χ0) is 16.1. The van der Waals surface area contributed by atoms with Gasteiger partial charge in [0.1, 0.15) is 6.04 Å². The Hall–Kier alpha value is -2.99. The molecule has 3 heteroatoms. The average molecular weight is 303 g/mol. The molecule has 1 atom stereocenters. The van der Waals surface area contributed by atoms with E-state index in [1.165, 1.54) is 0 Å². The number of carbonyl (C=O) groups excluding carboxylic acids is 1. The van der Waals surface area contributed by atoms with Gasteiger partial charge >= 0.3 is 6.09 Å². The average Bonchev–Trinajstić information content (AvgIpc) is 2.60. The van der Waals surface area contributed by atoms with E-state index in [9.17, 15) is 4.79 Å². The Bertz CT molecular complexity index is 784. The summed E-state index contributed by atoms with van der Waals surface area (Å²) in [5.41, 5.74) is 2.72. The summed E-state index contributed by atoms with van der Waals surface area (Å²) in [6.07, 6.45) is 3.54. The highest BCUT2D eigenvalue weighted by Gasteiger charge is 2.27. The lowest BCUT2D eigenvalue weighted by Crippen LogP contribution is -2.41. The minimum Gasteiger partial charge on any atom is -0.449 e. The molecule has 3 nitrogen and oxygen atoms in total. The maximum Gasteiger partial charge on any atom is 0.415 e. The topological polar surface area (TPSA) is 29.5 Å². The van der Waals surface area contributed by atoms with Gasteiger partial charge in [0, 0.05) is 5.56 Å². The number of ether oxygens (including phenoxy) is 1. The predicted octanol–water partition coefficient (Wildman–Crippen LogP) is 4.10. The van der Waals surface area contributed by atoms with E-state index in [2.05, 4.69) is 11.8 Å². The molecule has 0 aromatic heterocycles. The lowest BCUT2D eigenvalue weighted by atomic mass is 10.0. The van der Waals surface area contributed by atoms with Gasteiger partial charge in [-0.05, 0) is 36.8 Å². The molecule has 0 radical (unpaired) electrons. The van der Waals surface area contributed by atoms with E-state index in [1.807, 2.05) is 66.7 Å². The van der Waals surface area contributed by atoms with E-state index in [4.69, 9.17) is 4.74 Å². The van der Waals surface area contributed by atoms with Gasteiger partial charge in [-0.15, -0.1) is 0 Å². The Morgan fingerprint density at radius 1 is 1.13 bits per heavy atom. The van der Waals surface area contributed by atoms with E-state index in [0.717, 1.165) is 16.8 Å². The second-order valence-electron chi connectivity index (χ2n) is 5.07. The number of para-hydroxylation sites is 1. The summed E-state index contributed by atoms with van der Waals surface area (Å²) in [5.74, 6) is 6.28. The third-order valence-corrected chi connectivity index (χ3v) is 3.54. The number of hydrogen-bond acceptors (Lipinski definition) is 2. The van der Waals surface area contributed by atoms with E-state index in [1.54, 1.807) is 11.8 Å². The number of nitrogens with zero attached hydrogens (tertiary/aromatic N) is 1. The third-order valence-electron chi connectivity index (χ3n) is 3.54. The quantitative estimate of drug-likeness (QED) is 0.742. The first-order chi connectivity index (χ1) is 11.3. The van der Waals surface area contributed by atoms with Crippen LogP contribution in [0, 0.1) is 11.8 Å². The van der Waals surface area contributed by atoms with Crippen molar-refractivity contribution in [1.82, 2.24) is 0 Å². The molecule has 2 aromatic carbocycles. The first-order valence-corrected chi connectivity index (χ1v) is 7.59. The molecule has 23 heavy (non-hydrogen) atoms. The first-order valence-electron chi connectivity index (χ1n) is 7.59. The van der Waals surface area contributed by atoms with Gasteiger partial charge in [-0.3, -0.25) is 4.90 Å². The van der Waals surface area contributed by atoms with Crippen molar-refractivity contribution in [3.63, 3.8) is 0 Å². The van der Waals surface area contributed by atoms with Crippen LogP contribution in [0.25, 0.3) is 6.08 Å². The Balaban J connectivity index is 1.96. The molecule has 0 saturated carbocycles. The molecule has 0 bridgehead atoms. The number of hydrogen-bond donors (Lipinski definition) is 0. The second kappa shape index (κ2) is 6.85. The van der Waals surface area contributed by atoms with Crippen molar-refractivity contribution in [2.75, 3.05) is 11.5 Å². The zero-order valence-electron chi connectivity index (χ0n) is 12.9. The number of rotatable bonds is 1. The van der Waals surface area contributed by atoms with Crippen molar-refractivity contribution in [2.24, 2.45) is 0 Å². The molecule has 0 N–H and O–H groups in total. The van der Waals surface area contributed by atoms with Crippen molar-refractivity contribution >= 4 is 17.9 Å². The van der Waals surface area contributed by atoms with Gasteiger partial charge in [-0.2, -0.15) is 0 Å². The highest BCUT2D eigenvalue weighted by molar-refractivity contribution is 5.94. The van der Waals surface area contributed by atoms with Gasteiger partial charge in [-0.1, -0.05) is 54.3 Å². The monoisotopic (exact) mass is 303 g/mol. The number of fused-ring (bicyclic) bond motifs is 1. The molecule has 1 amide bonds. The third kappa shape index (κ3) is 3.27. The van der Waals surface area contributed by atoms with Crippen molar-refractivity contribution in [1.29, 1.82) is 0 Å². The standard InChI is InChI=1S/C20H17NO2/c1-2-23-20(22)21-18(14-12-16-8-4-3-5-9-16)15-13-17-10-6-7-11-19(17)21/h3-11,13,15,18H,2H2,1H3/t18-/m1/s1. The maximum atomic E-state index is 12.4. The minimum absolute atomic E-state index is 0.333. The van der Waals surface area contributed by atoms with Crippen molar-refractivity contribution in [3.8, 4) is 11.8 Å². The summed E-state index contributed by atoms with van der Waals surface area (Å²) in [4.78, 5) is 14.0. The van der Waals surface area contributed by atoms with Crippen LogP contribution in [0.3, 0.4) is 0 Å². The molecule has 1 aliphatic rings. The van der Waals surface area contributed by atoms with Crippen LogP contribution in [0.4, 0.5) is 10.5 Å². The lowest BCUT2D eigenvalue weighted by Gasteiger charge is -2.30. The summed E-state index contributed by atoms with van der Waals surface area (Å²) in [7, 11) is 0. The fourth-order valence-electron chi connectivity index (χ4n) is 2.47. The van der Waals surface area contributed by atoms with Gasteiger partial charge in [0.15, 0.2) is 0 Å². The first kappa shape index (κ1) is 14.9. The van der Waals surface area contributed by atoms with Crippen LogP contribution >= 0.6 is 0 Å². The van der Waals surface area contributed by atoms with Crippen molar-refractivity contribution in [2.45, 2.75) is 13.0 Å². The van der Waals surface area contributed by atoms with Crippen LogP contribution in [-0.2, 0) is 4.74 Å². The molecular formula is C20H17NO2. The Morgan fingerprint density at radius 3 is 2.65 bits per heavy atom. The molecule has 114 valence electrons. The Labute approximate surface area is 136 Å². The van der Waals surface area contributed by atoms with Crippen LogP contribution in [-0.4, -0.2) is 18.7 Å². The molecule has 3 rings (SSSR count). The van der Waals surface area contributed by atoms with Gasteiger partial charge < -0.3 is 4.74 Å². The van der Waals surface area contributed by atoms with Gasteiger partial charge in [0.2, 0.25) is 0 Å². The number of carbonyl (C=O) groups is 1. The molecule has 1 heterocycles. The summed E-state index contributed by atoms with van der Waals surface area (Å²) < 4.78 is 5.21. The molecule has 0 unspecified atom stereocenters. The Morgan fingerprint density at radius 2 is 1.87 bits per heavy atom. The van der Waals surface area contributed by atoms with Crippen LogP contribution in [0.1, 0.15) is 18.1 Å². The fraction of sp³-hybridized carbons (Fsp3) is 0.150. The minimum atomic E-state index is -0.378. The number of anilines is 1. The van der Waals surface area contributed by atoms with Crippen molar-refractivity contribution < 1.29 is 9.53 Å². The predicted molar refractivity (Wildman–Crippen MR) is 92.1 cm³/mol. The summed E-state index contributed by atoms with van der Waals surface area (Å²) >= 11 is 0. The molecule has 0 spiro atoms. The maximum absolute atomic E-state index is 12.4. The second-order valence-corrected chi connectivity index (χ2v) is 5.07. The molecule has 1 aliphatic heterocycles. The van der Waals surface area contributed by atoms with E-state index >= 15 is 0 Å².